The Hall–Kier alpha value is -2.04. The van der Waals surface area contributed by atoms with Crippen LogP contribution in [-0.2, 0) is 21.2 Å². The van der Waals surface area contributed by atoms with E-state index in [1.54, 1.807) is 6.07 Å². The van der Waals surface area contributed by atoms with E-state index in [-0.39, 0.29) is 11.3 Å². The molecule has 7 heteroatoms. The number of terminal acetylenes is 1. The van der Waals surface area contributed by atoms with Crippen LogP contribution in [0.1, 0.15) is 18.9 Å². The Kier molecular flexibility index (Phi) is 4.74. The Labute approximate surface area is 130 Å². The molecule has 22 heavy (non-hydrogen) atoms. The number of anilines is 1. The maximum Gasteiger partial charge on any atom is 0.322 e. The molecule has 1 heterocycles. The molecule has 2 rings (SSSR count). The molecule has 2 unspecified atom stereocenters. The number of sulfonamides is 1. The van der Waals surface area contributed by atoms with E-state index in [4.69, 9.17) is 11.5 Å². The molecule has 6 nitrogen and oxygen atoms in total. The summed E-state index contributed by atoms with van der Waals surface area (Å²) in [5, 5.41) is 12.2. The molecule has 0 aliphatic carbocycles. The summed E-state index contributed by atoms with van der Waals surface area (Å²) in [6, 6.07) is 3.64. The van der Waals surface area contributed by atoms with Crippen molar-refractivity contribution >= 4 is 21.7 Å². The monoisotopic (exact) mass is 322 g/mol. The Morgan fingerprint density at radius 3 is 2.95 bits per heavy atom. The number of benzene rings is 1. The molecule has 0 bridgehead atoms. The first kappa shape index (κ1) is 16.3. The minimum Gasteiger partial charge on any atom is -0.480 e. The molecule has 1 aromatic carbocycles. The number of para-hydroxylation sites is 1. The van der Waals surface area contributed by atoms with Gasteiger partial charge in [0.2, 0.25) is 10.0 Å². The van der Waals surface area contributed by atoms with Crippen molar-refractivity contribution in [3.8, 4) is 12.3 Å². The second-order valence-electron chi connectivity index (χ2n) is 5.40. The van der Waals surface area contributed by atoms with Gasteiger partial charge in [0.1, 0.15) is 10.9 Å². The zero-order chi connectivity index (χ0) is 16.3. The van der Waals surface area contributed by atoms with Crippen LogP contribution in [0.25, 0.3) is 0 Å². The van der Waals surface area contributed by atoms with Crippen molar-refractivity contribution in [2.75, 3.05) is 11.9 Å². The molecule has 118 valence electrons. The van der Waals surface area contributed by atoms with Crippen LogP contribution in [0.4, 0.5) is 5.69 Å². The first-order chi connectivity index (χ1) is 10.3. The quantitative estimate of drug-likeness (QED) is 0.704. The number of carbonyl (C=O) groups is 1. The zero-order valence-corrected chi connectivity index (χ0v) is 13.0. The van der Waals surface area contributed by atoms with E-state index in [0.717, 1.165) is 12.0 Å². The minimum absolute atomic E-state index is 0.0557. The summed E-state index contributed by atoms with van der Waals surface area (Å²) < 4.78 is 27.1. The Morgan fingerprint density at radius 1 is 1.59 bits per heavy atom. The predicted octanol–water partition coefficient (Wildman–Crippen LogP) is 1.05. The van der Waals surface area contributed by atoms with Crippen molar-refractivity contribution < 1.29 is 18.3 Å². The summed E-state index contributed by atoms with van der Waals surface area (Å²) in [5.74, 6) is 1.28. The lowest BCUT2D eigenvalue weighted by Gasteiger charge is -2.26. The highest BCUT2D eigenvalue weighted by Gasteiger charge is 2.28. The molecule has 0 saturated heterocycles. The van der Waals surface area contributed by atoms with E-state index >= 15 is 0 Å². The van der Waals surface area contributed by atoms with Crippen molar-refractivity contribution in [3.63, 3.8) is 0 Å². The standard InChI is InChI=1S/C15H18N2O4S/c1-3-5-12(15(18)19)17-22(20,21)13-7-4-6-11-8-10(2)9-16-14(11)13/h1,4,6-7,10,12,16-17H,5,8-9H2,2H3,(H,18,19). The van der Waals surface area contributed by atoms with E-state index in [9.17, 15) is 13.2 Å². The lowest BCUT2D eigenvalue weighted by Crippen LogP contribution is -2.40. The summed E-state index contributed by atoms with van der Waals surface area (Å²) in [6.07, 6.45) is 5.65. The Morgan fingerprint density at radius 2 is 2.32 bits per heavy atom. The van der Waals surface area contributed by atoms with Crippen molar-refractivity contribution in [1.82, 2.24) is 4.72 Å². The van der Waals surface area contributed by atoms with Gasteiger partial charge in [-0.3, -0.25) is 4.79 Å². The molecule has 1 aromatic rings. The van der Waals surface area contributed by atoms with E-state index in [1.807, 2.05) is 6.07 Å². The third-order valence-electron chi connectivity index (χ3n) is 3.52. The van der Waals surface area contributed by atoms with Gasteiger partial charge in [0.25, 0.3) is 0 Å². The van der Waals surface area contributed by atoms with Gasteiger partial charge in [0, 0.05) is 13.0 Å². The van der Waals surface area contributed by atoms with Crippen LogP contribution in [0.5, 0.6) is 0 Å². The lowest BCUT2D eigenvalue weighted by atomic mass is 9.96. The fourth-order valence-electron chi connectivity index (χ4n) is 2.44. The number of aliphatic carboxylic acids is 1. The molecule has 3 N–H and O–H groups in total. The molecule has 1 aliphatic heterocycles. The van der Waals surface area contributed by atoms with Crippen molar-refractivity contribution in [2.45, 2.75) is 30.7 Å². The largest absolute Gasteiger partial charge is 0.480 e. The number of carboxylic acid groups (broad SMARTS) is 1. The highest BCUT2D eigenvalue weighted by Crippen LogP contribution is 2.31. The average Bonchev–Trinajstić information content (AvgIpc) is 2.45. The first-order valence-corrected chi connectivity index (χ1v) is 8.38. The van der Waals surface area contributed by atoms with E-state index < -0.39 is 22.0 Å². The third kappa shape index (κ3) is 3.40. The third-order valence-corrected chi connectivity index (χ3v) is 5.03. The van der Waals surface area contributed by atoms with Crippen molar-refractivity contribution in [2.24, 2.45) is 5.92 Å². The normalized spacial score (nSPS) is 18.6. The van der Waals surface area contributed by atoms with Gasteiger partial charge in [-0.05, 0) is 24.0 Å². The SMILES string of the molecule is C#CCC(NS(=O)(=O)c1cccc2c1NCC(C)C2)C(=O)O. The highest BCUT2D eigenvalue weighted by atomic mass is 32.2. The van der Waals surface area contributed by atoms with Crippen LogP contribution < -0.4 is 10.0 Å². The number of hydrogen-bond acceptors (Lipinski definition) is 4. The van der Waals surface area contributed by atoms with Gasteiger partial charge in [-0.1, -0.05) is 19.1 Å². The van der Waals surface area contributed by atoms with Gasteiger partial charge in [0.15, 0.2) is 0 Å². The number of hydrogen-bond donors (Lipinski definition) is 3. The predicted molar refractivity (Wildman–Crippen MR) is 83.0 cm³/mol. The molecular formula is C15H18N2O4S. The molecule has 0 fully saturated rings. The molecule has 1 aliphatic rings. The molecule has 0 saturated carbocycles. The number of rotatable bonds is 5. The van der Waals surface area contributed by atoms with Crippen LogP contribution in [0.3, 0.4) is 0 Å². The van der Waals surface area contributed by atoms with Gasteiger partial charge in [-0.2, -0.15) is 4.72 Å². The van der Waals surface area contributed by atoms with Crippen LogP contribution in [0.2, 0.25) is 0 Å². The van der Waals surface area contributed by atoms with Gasteiger partial charge in [0.05, 0.1) is 5.69 Å². The Bertz CT molecular complexity index is 722. The average molecular weight is 322 g/mol. The van der Waals surface area contributed by atoms with E-state index in [1.165, 1.54) is 6.07 Å². The summed E-state index contributed by atoms with van der Waals surface area (Å²) >= 11 is 0. The summed E-state index contributed by atoms with van der Waals surface area (Å²) in [6.45, 7) is 2.75. The molecule has 2 atom stereocenters. The zero-order valence-electron chi connectivity index (χ0n) is 12.2. The first-order valence-electron chi connectivity index (χ1n) is 6.89. The van der Waals surface area contributed by atoms with Crippen LogP contribution in [0.15, 0.2) is 23.1 Å². The van der Waals surface area contributed by atoms with Crippen LogP contribution >= 0.6 is 0 Å². The minimum atomic E-state index is -3.97. The fourth-order valence-corrected chi connectivity index (χ4v) is 3.86. The smallest absolute Gasteiger partial charge is 0.322 e. The molecule has 0 amide bonds. The second kappa shape index (κ2) is 6.38. The second-order valence-corrected chi connectivity index (χ2v) is 7.08. The Balaban J connectivity index is 2.37. The summed E-state index contributed by atoms with van der Waals surface area (Å²) in [7, 11) is -3.97. The lowest BCUT2D eigenvalue weighted by molar-refractivity contribution is -0.138. The van der Waals surface area contributed by atoms with E-state index in [2.05, 4.69) is 22.9 Å². The molecule has 0 radical (unpaired) electrons. The highest BCUT2D eigenvalue weighted by molar-refractivity contribution is 7.89. The van der Waals surface area contributed by atoms with Crippen molar-refractivity contribution in [3.05, 3.63) is 23.8 Å². The molecule has 0 spiro atoms. The number of fused-ring (bicyclic) bond motifs is 1. The van der Waals surface area contributed by atoms with Gasteiger partial charge in [-0.15, -0.1) is 12.3 Å². The summed E-state index contributed by atoms with van der Waals surface area (Å²) in [5.41, 5.74) is 1.45. The van der Waals surface area contributed by atoms with E-state index in [0.29, 0.717) is 18.2 Å². The van der Waals surface area contributed by atoms with Gasteiger partial charge >= 0.3 is 5.97 Å². The maximum atomic E-state index is 12.5. The number of carboxylic acids is 1. The molecule has 0 aromatic heterocycles. The molecular weight excluding hydrogens is 304 g/mol. The van der Waals surface area contributed by atoms with Gasteiger partial charge < -0.3 is 10.4 Å². The summed E-state index contributed by atoms with van der Waals surface area (Å²) in [4.78, 5) is 11.1. The van der Waals surface area contributed by atoms with Crippen LogP contribution in [0, 0.1) is 18.3 Å². The van der Waals surface area contributed by atoms with Crippen LogP contribution in [-0.4, -0.2) is 32.1 Å². The topological polar surface area (TPSA) is 95.5 Å². The van der Waals surface area contributed by atoms with Crippen molar-refractivity contribution in [1.29, 1.82) is 0 Å². The number of nitrogens with one attached hydrogen (secondary N) is 2. The maximum absolute atomic E-state index is 12.5. The van der Waals surface area contributed by atoms with Gasteiger partial charge in [-0.25, -0.2) is 8.42 Å². The fraction of sp³-hybridized carbons (Fsp3) is 0.400.